The zero-order chi connectivity index (χ0) is 14.4. The number of rotatable bonds is 2. The third-order valence-corrected chi connectivity index (χ3v) is 4.00. The summed E-state index contributed by atoms with van der Waals surface area (Å²) in [7, 11) is 3.17. The van der Waals surface area contributed by atoms with Crippen LogP contribution >= 0.6 is 12.2 Å². The molecule has 3 rings (SSSR count). The fraction of sp³-hybridized carbons (Fsp3) is 0.385. The number of nitrogens with one attached hydrogen (secondary N) is 1. The summed E-state index contributed by atoms with van der Waals surface area (Å²) in [5.41, 5.74) is 1.25. The highest BCUT2D eigenvalue weighted by atomic mass is 32.1. The maximum Gasteiger partial charge on any atom is 0.245 e. The number of amides is 1. The van der Waals surface area contributed by atoms with Crippen LogP contribution in [0.4, 0.5) is 4.39 Å². The summed E-state index contributed by atoms with van der Waals surface area (Å²) in [4.78, 5) is 16.8. The van der Waals surface area contributed by atoms with Crippen LogP contribution in [-0.4, -0.2) is 41.1 Å². The van der Waals surface area contributed by atoms with Gasteiger partial charge in [-0.05, 0) is 18.6 Å². The van der Waals surface area contributed by atoms with E-state index in [0.717, 1.165) is 0 Å². The van der Waals surface area contributed by atoms with E-state index >= 15 is 0 Å². The number of hydrogen-bond acceptors (Lipinski definition) is 3. The Labute approximate surface area is 119 Å². The summed E-state index contributed by atoms with van der Waals surface area (Å²) in [6.45, 7) is 0.691. The molecule has 1 aromatic carbocycles. The Kier molecular flexibility index (Phi) is 3.01. The maximum atomic E-state index is 13.7. The SMILES string of the molecule is COc1cc2c(cc1F)[nH]c(=S)n2C1CCN(C)C1=O. The first-order valence-electron chi connectivity index (χ1n) is 6.25. The first-order chi connectivity index (χ1) is 9.52. The molecule has 0 saturated carbocycles. The molecule has 1 saturated heterocycles. The molecule has 1 aromatic heterocycles. The highest BCUT2D eigenvalue weighted by molar-refractivity contribution is 7.71. The van der Waals surface area contributed by atoms with Gasteiger partial charge in [-0.3, -0.25) is 4.79 Å². The van der Waals surface area contributed by atoms with E-state index in [1.807, 2.05) is 0 Å². The number of likely N-dealkylation sites (tertiary alicyclic amines) is 1. The number of methoxy groups -OCH3 is 1. The lowest BCUT2D eigenvalue weighted by Crippen LogP contribution is -2.24. The van der Waals surface area contributed by atoms with Crippen molar-refractivity contribution in [1.82, 2.24) is 14.5 Å². The van der Waals surface area contributed by atoms with Crippen molar-refractivity contribution in [2.45, 2.75) is 12.5 Å². The zero-order valence-corrected chi connectivity index (χ0v) is 12.0. The van der Waals surface area contributed by atoms with Crippen molar-refractivity contribution in [3.63, 3.8) is 0 Å². The number of fused-ring (bicyclic) bond motifs is 1. The molecule has 2 heterocycles. The number of halogens is 1. The summed E-state index contributed by atoms with van der Waals surface area (Å²) < 4.78 is 20.9. The number of benzene rings is 1. The standard InChI is InChI=1S/C13H14FN3O2S/c1-16-4-3-9(12(16)18)17-10-6-11(19-2)7(14)5-8(10)15-13(17)20/h5-6,9H,3-4H2,1-2H3,(H,15,20). The molecule has 7 heteroatoms. The van der Waals surface area contributed by atoms with Gasteiger partial charge in [0.15, 0.2) is 16.3 Å². The van der Waals surface area contributed by atoms with E-state index in [9.17, 15) is 9.18 Å². The summed E-state index contributed by atoms with van der Waals surface area (Å²) >= 11 is 5.28. The average Bonchev–Trinajstić information content (AvgIpc) is 2.89. The van der Waals surface area contributed by atoms with Crippen molar-refractivity contribution < 1.29 is 13.9 Å². The molecule has 2 aromatic rings. The van der Waals surface area contributed by atoms with Crippen LogP contribution < -0.4 is 4.74 Å². The van der Waals surface area contributed by atoms with Crippen molar-refractivity contribution in [3.8, 4) is 5.75 Å². The van der Waals surface area contributed by atoms with Crippen molar-refractivity contribution in [2.75, 3.05) is 20.7 Å². The van der Waals surface area contributed by atoms with Gasteiger partial charge in [0.25, 0.3) is 0 Å². The number of aromatic nitrogens is 2. The second kappa shape index (κ2) is 4.59. The van der Waals surface area contributed by atoms with Gasteiger partial charge >= 0.3 is 0 Å². The van der Waals surface area contributed by atoms with Crippen LogP contribution in [0.5, 0.6) is 5.75 Å². The second-order valence-corrected chi connectivity index (χ2v) is 5.26. The minimum atomic E-state index is -0.460. The molecule has 1 atom stereocenters. The predicted octanol–water partition coefficient (Wildman–Crippen LogP) is 2.25. The van der Waals surface area contributed by atoms with E-state index in [1.165, 1.54) is 13.2 Å². The number of imidazole rings is 1. The molecule has 106 valence electrons. The van der Waals surface area contributed by atoms with E-state index in [0.29, 0.717) is 28.8 Å². The van der Waals surface area contributed by atoms with E-state index in [4.69, 9.17) is 17.0 Å². The third kappa shape index (κ3) is 1.81. The molecule has 1 N–H and O–H groups in total. The zero-order valence-electron chi connectivity index (χ0n) is 11.1. The van der Waals surface area contributed by atoms with Gasteiger partial charge in [-0.2, -0.15) is 0 Å². The number of likely N-dealkylation sites (N-methyl/N-ethyl adjacent to an activating group) is 1. The second-order valence-electron chi connectivity index (χ2n) is 4.87. The summed E-state index contributed by atoms with van der Waals surface area (Å²) in [6, 6.07) is 2.57. The molecule has 1 aliphatic rings. The largest absolute Gasteiger partial charge is 0.494 e. The normalized spacial score (nSPS) is 19.1. The van der Waals surface area contributed by atoms with Crippen LogP contribution in [-0.2, 0) is 4.79 Å². The Morgan fingerprint density at radius 2 is 2.25 bits per heavy atom. The van der Waals surface area contributed by atoms with Crippen LogP contribution in [0.1, 0.15) is 12.5 Å². The lowest BCUT2D eigenvalue weighted by molar-refractivity contribution is -0.129. The molecule has 0 spiro atoms. The topological polar surface area (TPSA) is 50.3 Å². The molecule has 20 heavy (non-hydrogen) atoms. The van der Waals surface area contributed by atoms with Gasteiger partial charge in [0.1, 0.15) is 6.04 Å². The van der Waals surface area contributed by atoms with E-state index in [-0.39, 0.29) is 17.7 Å². The molecule has 1 unspecified atom stereocenters. The average molecular weight is 295 g/mol. The van der Waals surface area contributed by atoms with Crippen molar-refractivity contribution >= 4 is 29.2 Å². The van der Waals surface area contributed by atoms with Gasteiger partial charge < -0.3 is 19.2 Å². The first-order valence-corrected chi connectivity index (χ1v) is 6.66. The molecule has 0 bridgehead atoms. The van der Waals surface area contributed by atoms with Crippen LogP contribution in [0.2, 0.25) is 0 Å². The number of ether oxygens (including phenoxy) is 1. The molecular formula is C13H14FN3O2S. The van der Waals surface area contributed by atoms with Gasteiger partial charge in [0.05, 0.1) is 18.1 Å². The maximum absolute atomic E-state index is 13.7. The monoisotopic (exact) mass is 295 g/mol. The first kappa shape index (κ1) is 13.1. The Bertz CT molecular complexity index is 752. The van der Waals surface area contributed by atoms with E-state index in [1.54, 1.807) is 22.6 Å². The minimum Gasteiger partial charge on any atom is -0.494 e. The van der Waals surface area contributed by atoms with Crippen molar-refractivity contribution in [3.05, 3.63) is 22.7 Å². The van der Waals surface area contributed by atoms with Crippen LogP contribution in [0.15, 0.2) is 12.1 Å². The van der Waals surface area contributed by atoms with Gasteiger partial charge in [0.2, 0.25) is 5.91 Å². The molecule has 1 fully saturated rings. The van der Waals surface area contributed by atoms with E-state index in [2.05, 4.69) is 4.98 Å². The smallest absolute Gasteiger partial charge is 0.245 e. The molecule has 5 nitrogen and oxygen atoms in total. The van der Waals surface area contributed by atoms with Crippen LogP contribution in [0.3, 0.4) is 0 Å². The van der Waals surface area contributed by atoms with Crippen molar-refractivity contribution in [1.29, 1.82) is 0 Å². The fourth-order valence-corrected chi connectivity index (χ4v) is 2.97. The summed E-state index contributed by atoms with van der Waals surface area (Å²) in [5.74, 6) is -0.303. The predicted molar refractivity (Wildman–Crippen MR) is 74.9 cm³/mol. The number of nitrogens with zero attached hydrogens (tertiary/aromatic N) is 2. The Balaban J connectivity index is 2.23. The Hall–Kier alpha value is -1.89. The lowest BCUT2D eigenvalue weighted by Gasteiger charge is -2.13. The third-order valence-electron chi connectivity index (χ3n) is 3.70. The Morgan fingerprint density at radius 1 is 1.50 bits per heavy atom. The van der Waals surface area contributed by atoms with Gasteiger partial charge in [-0.15, -0.1) is 0 Å². The number of aromatic amines is 1. The number of hydrogen-bond donors (Lipinski definition) is 1. The molecular weight excluding hydrogens is 281 g/mol. The van der Waals surface area contributed by atoms with E-state index < -0.39 is 5.82 Å². The highest BCUT2D eigenvalue weighted by Gasteiger charge is 2.32. The number of H-pyrrole nitrogens is 1. The summed E-state index contributed by atoms with van der Waals surface area (Å²) in [5, 5.41) is 0. The van der Waals surface area contributed by atoms with Crippen LogP contribution in [0, 0.1) is 10.6 Å². The number of carbonyl (C=O) groups excluding carboxylic acids is 1. The molecule has 1 aliphatic heterocycles. The minimum absolute atomic E-state index is 0.0188. The molecule has 0 radical (unpaired) electrons. The highest BCUT2D eigenvalue weighted by Crippen LogP contribution is 2.30. The van der Waals surface area contributed by atoms with Gasteiger partial charge in [-0.1, -0.05) is 0 Å². The quantitative estimate of drug-likeness (QED) is 0.865. The fourth-order valence-electron chi connectivity index (χ4n) is 2.64. The number of carbonyl (C=O) groups is 1. The van der Waals surface area contributed by atoms with Crippen LogP contribution in [0.25, 0.3) is 11.0 Å². The van der Waals surface area contributed by atoms with Gasteiger partial charge in [-0.25, -0.2) is 4.39 Å². The lowest BCUT2D eigenvalue weighted by atomic mass is 10.2. The summed E-state index contributed by atoms with van der Waals surface area (Å²) in [6.07, 6.45) is 0.691. The molecule has 0 aliphatic carbocycles. The van der Waals surface area contributed by atoms with Gasteiger partial charge in [0, 0.05) is 25.7 Å². The Morgan fingerprint density at radius 3 is 2.85 bits per heavy atom. The van der Waals surface area contributed by atoms with Crippen molar-refractivity contribution in [2.24, 2.45) is 0 Å². The molecule has 1 amide bonds.